The van der Waals surface area contributed by atoms with Gasteiger partial charge in [0.2, 0.25) is 11.2 Å². The van der Waals surface area contributed by atoms with Gasteiger partial charge >= 0.3 is 0 Å². The number of nitrogens with one attached hydrogen (secondary N) is 1. The van der Waals surface area contributed by atoms with Crippen LogP contribution < -0.4 is 5.32 Å². The van der Waals surface area contributed by atoms with Crippen molar-refractivity contribution in [3.05, 3.63) is 51.0 Å². The van der Waals surface area contributed by atoms with Crippen LogP contribution in [0.1, 0.15) is 34.9 Å². The van der Waals surface area contributed by atoms with Gasteiger partial charge in [-0.05, 0) is 60.2 Å². The Morgan fingerprint density at radius 3 is 2.90 bits per heavy atom. The van der Waals surface area contributed by atoms with Gasteiger partial charge in [-0.25, -0.2) is 9.97 Å². The fourth-order valence-electron chi connectivity index (χ4n) is 3.17. The van der Waals surface area contributed by atoms with Crippen LogP contribution in [0.5, 0.6) is 0 Å². The van der Waals surface area contributed by atoms with Crippen molar-refractivity contribution in [3.63, 3.8) is 0 Å². The first kappa shape index (κ1) is 13.0. The summed E-state index contributed by atoms with van der Waals surface area (Å²) in [4.78, 5) is 21.0. The highest BCUT2D eigenvalue weighted by Crippen LogP contribution is 2.41. The van der Waals surface area contributed by atoms with Gasteiger partial charge < -0.3 is 5.32 Å². The normalized spacial score (nSPS) is 19.3. The fraction of sp³-hybridized carbons (Fsp3) is 0.267. The molecule has 1 amide bonds. The van der Waals surface area contributed by atoms with Crippen molar-refractivity contribution >= 4 is 34.8 Å². The lowest BCUT2D eigenvalue weighted by Gasteiger charge is -2.13. The molecule has 4 rings (SSSR count). The van der Waals surface area contributed by atoms with E-state index in [2.05, 4.69) is 15.3 Å². The first-order chi connectivity index (χ1) is 10.1. The van der Waals surface area contributed by atoms with Gasteiger partial charge in [-0.2, -0.15) is 0 Å². The zero-order chi connectivity index (χ0) is 14.6. The van der Waals surface area contributed by atoms with Gasteiger partial charge in [-0.1, -0.05) is 11.6 Å². The number of hydrogen-bond donors (Lipinski definition) is 1. The summed E-state index contributed by atoms with van der Waals surface area (Å²) in [6.07, 6.45) is 2.80. The Bertz CT molecular complexity index is 776. The summed E-state index contributed by atoms with van der Waals surface area (Å²) < 4.78 is 0. The Kier molecular flexibility index (Phi) is 2.91. The second-order valence-corrected chi connectivity index (χ2v) is 6.09. The first-order valence-corrected chi connectivity index (χ1v) is 7.54. The van der Waals surface area contributed by atoms with Crippen LogP contribution in [0.4, 0.5) is 5.69 Å². The Balaban J connectivity index is 1.92. The number of amides is 1. The van der Waals surface area contributed by atoms with Gasteiger partial charge in [0.1, 0.15) is 5.92 Å². The Hall–Kier alpha value is -1.65. The highest BCUT2D eigenvalue weighted by Gasteiger charge is 2.36. The average molecular weight is 320 g/mol. The molecule has 2 heterocycles. The predicted molar refractivity (Wildman–Crippen MR) is 81.0 cm³/mol. The van der Waals surface area contributed by atoms with Gasteiger partial charge in [0.25, 0.3) is 0 Å². The molecule has 6 heteroatoms. The van der Waals surface area contributed by atoms with Crippen LogP contribution in [0.25, 0.3) is 0 Å². The summed E-state index contributed by atoms with van der Waals surface area (Å²) in [7, 11) is 0. The summed E-state index contributed by atoms with van der Waals surface area (Å²) >= 11 is 12.1. The quantitative estimate of drug-likeness (QED) is 0.820. The maximum absolute atomic E-state index is 12.4. The lowest BCUT2D eigenvalue weighted by molar-refractivity contribution is -0.116. The molecule has 1 aliphatic carbocycles. The molecule has 1 aromatic carbocycles. The second kappa shape index (κ2) is 4.68. The highest BCUT2D eigenvalue weighted by molar-refractivity contribution is 6.31. The zero-order valence-corrected chi connectivity index (χ0v) is 12.5. The third-order valence-electron chi connectivity index (χ3n) is 4.06. The number of rotatable bonds is 1. The number of fused-ring (bicyclic) bond motifs is 2. The predicted octanol–water partition coefficient (Wildman–Crippen LogP) is 3.36. The van der Waals surface area contributed by atoms with E-state index in [1.807, 2.05) is 12.1 Å². The molecule has 1 N–H and O–H groups in total. The molecular weight excluding hydrogens is 309 g/mol. The Morgan fingerprint density at radius 1 is 1.19 bits per heavy atom. The fourth-order valence-corrected chi connectivity index (χ4v) is 3.55. The first-order valence-electron chi connectivity index (χ1n) is 6.79. The SMILES string of the molecule is O=C1Nc2ccc(Cl)cc2C1c1nc(Cl)nc2c1CCC2. The minimum atomic E-state index is -0.453. The van der Waals surface area contributed by atoms with Crippen LogP contribution in [0.3, 0.4) is 0 Å². The molecule has 1 atom stereocenters. The van der Waals surface area contributed by atoms with Gasteiger partial charge in [-0.3, -0.25) is 4.79 Å². The molecule has 1 aromatic heterocycles. The molecule has 0 spiro atoms. The minimum absolute atomic E-state index is 0.0869. The number of halogens is 2. The van der Waals surface area contributed by atoms with Crippen molar-refractivity contribution in [1.29, 1.82) is 0 Å². The third-order valence-corrected chi connectivity index (χ3v) is 4.46. The molecule has 4 nitrogen and oxygen atoms in total. The lowest BCUT2D eigenvalue weighted by Crippen LogP contribution is -2.17. The van der Waals surface area contributed by atoms with Crippen molar-refractivity contribution in [3.8, 4) is 0 Å². The number of aromatic nitrogens is 2. The molecule has 0 radical (unpaired) electrons. The maximum Gasteiger partial charge on any atom is 0.238 e. The molecule has 0 saturated carbocycles. The molecule has 2 aliphatic rings. The Labute approximate surface area is 131 Å². The molecule has 0 saturated heterocycles. The number of anilines is 1. The van der Waals surface area contributed by atoms with Crippen molar-refractivity contribution in [2.45, 2.75) is 25.2 Å². The van der Waals surface area contributed by atoms with E-state index in [1.54, 1.807) is 6.07 Å². The smallest absolute Gasteiger partial charge is 0.238 e. The van der Waals surface area contributed by atoms with Crippen LogP contribution >= 0.6 is 23.2 Å². The third kappa shape index (κ3) is 2.01. The number of carbonyl (C=O) groups is 1. The van der Waals surface area contributed by atoms with Gasteiger partial charge in [0, 0.05) is 16.4 Å². The van der Waals surface area contributed by atoms with Crippen LogP contribution in [0.15, 0.2) is 18.2 Å². The number of nitrogens with zero attached hydrogens (tertiary/aromatic N) is 2. The number of hydrogen-bond acceptors (Lipinski definition) is 3. The van der Waals surface area contributed by atoms with E-state index in [4.69, 9.17) is 23.2 Å². The van der Waals surface area contributed by atoms with Crippen molar-refractivity contribution < 1.29 is 4.79 Å². The maximum atomic E-state index is 12.4. The van der Waals surface area contributed by atoms with Crippen LogP contribution in [-0.4, -0.2) is 15.9 Å². The molecule has 21 heavy (non-hydrogen) atoms. The van der Waals surface area contributed by atoms with Crippen molar-refractivity contribution in [2.24, 2.45) is 0 Å². The second-order valence-electron chi connectivity index (χ2n) is 5.31. The number of benzene rings is 1. The molecule has 0 bridgehead atoms. The van der Waals surface area contributed by atoms with E-state index in [9.17, 15) is 4.79 Å². The summed E-state index contributed by atoms with van der Waals surface area (Å²) in [6.45, 7) is 0. The van der Waals surface area contributed by atoms with Crippen LogP contribution in [0, 0.1) is 0 Å². The highest BCUT2D eigenvalue weighted by atomic mass is 35.5. The molecule has 106 valence electrons. The van der Waals surface area contributed by atoms with E-state index < -0.39 is 5.92 Å². The molecule has 2 aromatic rings. The Morgan fingerprint density at radius 2 is 2.05 bits per heavy atom. The number of aryl methyl sites for hydroxylation is 1. The zero-order valence-electron chi connectivity index (χ0n) is 11.0. The standard InChI is InChI=1S/C15H11Cl2N3O/c16-7-4-5-11-9(6-7)12(14(21)18-11)13-8-2-1-3-10(8)19-15(17)20-13/h4-6,12H,1-3H2,(H,18,21). The van der Waals surface area contributed by atoms with Gasteiger partial charge in [-0.15, -0.1) is 0 Å². The summed E-state index contributed by atoms with van der Waals surface area (Å²) in [5.41, 5.74) is 4.40. The minimum Gasteiger partial charge on any atom is -0.325 e. The topological polar surface area (TPSA) is 54.9 Å². The summed E-state index contributed by atoms with van der Waals surface area (Å²) in [6, 6.07) is 5.40. The average Bonchev–Trinajstić information content (AvgIpc) is 3.01. The van der Waals surface area contributed by atoms with Crippen molar-refractivity contribution in [2.75, 3.05) is 5.32 Å². The number of carbonyl (C=O) groups excluding carboxylic acids is 1. The monoisotopic (exact) mass is 319 g/mol. The summed E-state index contributed by atoms with van der Waals surface area (Å²) in [5, 5.41) is 3.69. The molecular formula is C15H11Cl2N3O. The molecule has 0 fully saturated rings. The van der Waals surface area contributed by atoms with Gasteiger partial charge in [0.05, 0.1) is 5.69 Å². The molecule has 1 unspecified atom stereocenters. The molecule has 1 aliphatic heterocycles. The van der Waals surface area contributed by atoms with E-state index in [0.717, 1.165) is 47.5 Å². The van der Waals surface area contributed by atoms with E-state index >= 15 is 0 Å². The van der Waals surface area contributed by atoms with E-state index in [1.165, 1.54) is 0 Å². The summed E-state index contributed by atoms with van der Waals surface area (Å²) in [5.74, 6) is -0.540. The van der Waals surface area contributed by atoms with Crippen LogP contribution in [-0.2, 0) is 17.6 Å². The lowest BCUT2D eigenvalue weighted by atomic mass is 9.93. The largest absolute Gasteiger partial charge is 0.325 e. The van der Waals surface area contributed by atoms with Crippen molar-refractivity contribution in [1.82, 2.24) is 9.97 Å². The van der Waals surface area contributed by atoms with E-state index in [0.29, 0.717) is 5.02 Å². The van der Waals surface area contributed by atoms with Crippen LogP contribution in [0.2, 0.25) is 10.3 Å². The van der Waals surface area contributed by atoms with E-state index in [-0.39, 0.29) is 11.2 Å². The van der Waals surface area contributed by atoms with Gasteiger partial charge in [0.15, 0.2) is 0 Å².